The van der Waals surface area contributed by atoms with Gasteiger partial charge < -0.3 is 4.74 Å². The summed E-state index contributed by atoms with van der Waals surface area (Å²) >= 11 is 0. The second-order valence-electron chi connectivity index (χ2n) is 4.89. The van der Waals surface area contributed by atoms with E-state index in [1.54, 1.807) is 0 Å². The van der Waals surface area contributed by atoms with Gasteiger partial charge in [0.05, 0.1) is 7.11 Å². The molecule has 1 heterocycles. The average Bonchev–Trinajstić information content (AvgIpc) is 2.35. The Bertz CT molecular complexity index is 381. The zero-order valence-corrected chi connectivity index (χ0v) is 12.0. The molecule has 18 heavy (non-hydrogen) atoms. The van der Waals surface area contributed by atoms with Crippen molar-refractivity contribution in [3.8, 4) is 0 Å². The molecule has 106 valence electrons. The van der Waals surface area contributed by atoms with Gasteiger partial charge in [-0.25, -0.2) is 4.72 Å². The van der Waals surface area contributed by atoms with Crippen LogP contribution in [0.2, 0.25) is 0 Å². The van der Waals surface area contributed by atoms with Crippen molar-refractivity contribution in [3.63, 3.8) is 0 Å². The number of hydrogen-bond donors (Lipinski definition) is 1. The number of rotatable bonds is 5. The molecule has 0 radical (unpaired) electrons. The lowest BCUT2D eigenvalue weighted by atomic mass is 10.1. The second-order valence-corrected chi connectivity index (χ2v) is 6.60. The van der Waals surface area contributed by atoms with Gasteiger partial charge in [-0.1, -0.05) is 13.8 Å². The SMILES string of the molecule is COC(=O)[C@H]1CCCCN1S(=O)(=O)NCC(C)C. The van der Waals surface area contributed by atoms with E-state index >= 15 is 0 Å². The monoisotopic (exact) mass is 278 g/mol. The van der Waals surface area contributed by atoms with Crippen LogP contribution in [-0.4, -0.2) is 44.9 Å². The molecule has 0 unspecified atom stereocenters. The largest absolute Gasteiger partial charge is 0.468 e. The molecule has 1 atom stereocenters. The van der Waals surface area contributed by atoms with Crippen molar-refractivity contribution < 1.29 is 17.9 Å². The van der Waals surface area contributed by atoms with Crippen LogP contribution < -0.4 is 4.72 Å². The summed E-state index contributed by atoms with van der Waals surface area (Å²) in [5, 5.41) is 0. The molecule has 1 saturated heterocycles. The summed E-state index contributed by atoms with van der Waals surface area (Å²) in [4.78, 5) is 11.6. The number of methoxy groups -OCH3 is 1. The Morgan fingerprint density at radius 1 is 1.44 bits per heavy atom. The number of nitrogens with one attached hydrogen (secondary N) is 1. The van der Waals surface area contributed by atoms with Crippen molar-refractivity contribution in [2.75, 3.05) is 20.2 Å². The van der Waals surface area contributed by atoms with Gasteiger partial charge in [-0.3, -0.25) is 4.79 Å². The first-order chi connectivity index (χ1) is 8.38. The Morgan fingerprint density at radius 2 is 2.11 bits per heavy atom. The van der Waals surface area contributed by atoms with E-state index in [1.165, 1.54) is 11.4 Å². The molecule has 1 aliphatic rings. The van der Waals surface area contributed by atoms with Crippen molar-refractivity contribution in [2.24, 2.45) is 5.92 Å². The first-order valence-corrected chi connectivity index (χ1v) is 7.66. The molecule has 0 aromatic rings. The standard InChI is InChI=1S/C11H22N2O4S/c1-9(2)8-12-18(15,16)13-7-5-4-6-10(13)11(14)17-3/h9-10,12H,4-8H2,1-3H3/t10-/m1/s1. The molecule has 7 heteroatoms. The highest BCUT2D eigenvalue weighted by Crippen LogP contribution is 2.20. The molecule has 1 N–H and O–H groups in total. The molecular weight excluding hydrogens is 256 g/mol. The fourth-order valence-corrected chi connectivity index (χ4v) is 3.52. The van der Waals surface area contributed by atoms with Crippen LogP contribution in [0.5, 0.6) is 0 Å². The molecular formula is C11H22N2O4S. The van der Waals surface area contributed by atoms with E-state index in [4.69, 9.17) is 0 Å². The predicted octanol–water partition coefficient (Wildman–Crippen LogP) is 0.504. The second kappa shape index (κ2) is 6.49. The molecule has 0 bridgehead atoms. The summed E-state index contributed by atoms with van der Waals surface area (Å²) in [6, 6.07) is -0.687. The average molecular weight is 278 g/mol. The van der Waals surface area contributed by atoms with Crippen LogP contribution in [0, 0.1) is 5.92 Å². The quantitative estimate of drug-likeness (QED) is 0.743. The first kappa shape index (κ1) is 15.4. The fourth-order valence-electron chi connectivity index (χ4n) is 1.92. The normalized spacial score (nSPS) is 22.1. The molecule has 0 saturated carbocycles. The minimum atomic E-state index is -3.60. The Morgan fingerprint density at radius 3 is 2.67 bits per heavy atom. The van der Waals surface area contributed by atoms with E-state index in [0.717, 1.165) is 12.8 Å². The summed E-state index contributed by atoms with van der Waals surface area (Å²) in [6.45, 7) is 4.59. The van der Waals surface area contributed by atoms with E-state index in [9.17, 15) is 13.2 Å². The number of esters is 1. The molecule has 0 aliphatic carbocycles. The van der Waals surface area contributed by atoms with Crippen molar-refractivity contribution in [1.29, 1.82) is 0 Å². The van der Waals surface area contributed by atoms with Crippen molar-refractivity contribution in [3.05, 3.63) is 0 Å². The van der Waals surface area contributed by atoms with Crippen molar-refractivity contribution in [1.82, 2.24) is 9.03 Å². The molecule has 6 nitrogen and oxygen atoms in total. The van der Waals surface area contributed by atoms with E-state index < -0.39 is 22.2 Å². The molecule has 0 spiro atoms. The van der Waals surface area contributed by atoms with Crippen LogP contribution in [0.15, 0.2) is 0 Å². The Labute approximate surface area is 109 Å². The third kappa shape index (κ3) is 3.93. The number of piperidine rings is 1. The van der Waals surface area contributed by atoms with Crippen LogP contribution in [0.1, 0.15) is 33.1 Å². The smallest absolute Gasteiger partial charge is 0.324 e. The van der Waals surface area contributed by atoms with Gasteiger partial charge in [0, 0.05) is 13.1 Å². The van der Waals surface area contributed by atoms with E-state index in [0.29, 0.717) is 19.5 Å². The zero-order valence-electron chi connectivity index (χ0n) is 11.2. The van der Waals surface area contributed by atoms with Gasteiger partial charge in [-0.15, -0.1) is 0 Å². The van der Waals surface area contributed by atoms with Crippen LogP contribution in [0.25, 0.3) is 0 Å². The lowest BCUT2D eigenvalue weighted by molar-refractivity contribution is -0.146. The maximum atomic E-state index is 12.1. The summed E-state index contributed by atoms with van der Waals surface area (Å²) in [5.41, 5.74) is 0. The maximum absolute atomic E-state index is 12.1. The van der Waals surface area contributed by atoms with Crippen LogP contribution in [-0.2, 0) is 19.7 Å². The topological polar surface area (TPSA) is 75.7 Å². The lowest BCUT2D eigenvalue weighted by Gasteiger charge is -2.32. The minimum absolute atomic E-state index is 0.223. The first-order valence-electron chi connectivity index (χ1n) is 6.22. The predicted molar refractivity (Wildman–Crippen MR) is 68.1 cm³/mol. The summed E-state index contributed by atoms with van der Waals surface area (Å²) in [7, 11) is -2.32. The molecule has 1 aliphatic heterocycles. The van der Waals surface area contributed by atoms with E-state index in [-0.39, 0.29) is 5.92 Å². The van der Waals surface area contributed by atoms with Gasteiger partial charge >= 0.3 is 5.97 Å². The van der Waals surface area contributed by atoms with Crippen molar-refractivity contribution in [2.45, 2.75) is 39.2 Å². The Hall–Kier alpha value is -0.660. The van der Waals surface area contributed by atoms with Gasteiger partial charge in [0.2, 0.25) is 0 Å². The van der Waals surface area contributed by atoms with Gasteiger partial charge in [0.1, 0.15) is 6.04 Å². The highest BCUT2D eigenvalue weighted by Gasteiger charge is 2.37. The van der Waals surface area contributed by atoms with Crippen LogP contribution in [0.4, 0.5) is 0 Å². The zero-order chi connectivity index (χ0) is 13.8. The third-order valence-corrected chi connectivity index (χ3v) is 4.50. The van der Waals surface area contributed by atoms with Crippen LogP contribution in [0.3, 0.4) is 0 Å². The van der Waals surface area contributed by atoms with Crippen LogP contribution >= 0.6 is 0 Å². The minimum Gasteiger partial charge on any atom is -0.468 e. The molecule has 1 fully saturated rings. The van der Waals surface area contributed by atoms with Gasteiger partial charge in [-0.05, 0) is 25.2 Å². The van der Waals surface area contributed by atoms with Crippen molar-refractivity contribution >= 4 is 16.2 Å². The number of ether oxygens (including phenoxy) is 1. The lowest BCUT2D eigenvalue weighted by Crippen LogP contribution is -2.52. The van der Waals surface area contributed by atoms with Gasteiger partial charge in [0.25, 0.3) is 10.2 Å². The van der Waals surface area contributed by atoms with Gasteiger partial charge in [-0.2, -0.15) is 12.7 Å². The number of hydrogen-bond acceptors (Lipinski definition) is 4. The number of carbonyl (C=O) groups excluding carboxylic acids is 1. The number of nitrogens with zero attached hydrogens (tertiary/aromatic N) is 1. The van der Waals surface area contributed by atoms with E-state index in [2.05, 4.69) is 9.46 Å². The third-order valence-electron chi connectivity index (χ3n) is 2.91. The summed E-state index contributed by atoms with van der Waals surface area (Å²) in [6.07, 6.45) is 2.14. The fraction of sp³-hybridized carbons (Fsp3) is 0.909. The maximum Gasteiger partial charge on any atom is 0.324 e. The summed E-state index contributed by atoms with van der Waals surface area (Å²) < 4.78 is 32.7. The molecule has 1 rings (SSSR count). The molecule has 0 aromatic heterocycles. The molecule has 0 aromatic carbocycles. The van der Waals surface area contributed by atoms with E-state index in [1.807, 2.05) is 13.8 Å². The summed E-state index contributed by atoms with van der Waals surface area (Å²) in [5.74, 6) is -0.259. The highest BCUT2D eigenvalue weighted by molar-refractivity contribution is 7.87. The Kier molecular flexibility index (Phi) is 5.55. The number of carbonyl (C=O) groups is 1. The Balaban J connectivity index is 2.79. The highest BCUT2D eigenvalue weighted by atomic mass is 32.2. The molecule has 0 amide bonds. The van der Waals surface area contributed by atoms with Gasteiger partial charge in [0.15, 0.2) is 0 Å².